The zero-order valence-corrected chi connectivity index (χ0v) is 15.9. The van der Waals surface area contributed by atoms with E-state index < -0.39 is 0 Å². The number of nitrogens with zero attached hydrogens (tertiary/aromatic N) is 2. The van der Waals surface area contributed by atoms with Crippen LogP contribution in [0, 0.1) is 0 Å². The number of methoxy groups -OCH3 is 1. The van der Waals surface area contributed by atoms with Crippen LogP contribution in [0.4, 0.5) is 10.5 Å². The lowest BCUT2D eigenvalue weighted by molar-refractivity contribution is 0.207. The van der Waals surface area contributed by atoms with Crippen molar-refractivity contribution in [3.63, 3.8) is 0 Å². The SMILES string of the molecule is COc1ccc([C@H]2CCCN2C(=O)Nc2cccc(-c3nccs3)c2)cc1. The maximum Gasteiger partial charge on any atom is 0.322 e. The molecule has 2 aromatic carbocycles. The van der Waals surface area contributed by atoms with Crippen LogP contribution in [-0.2, 0) is 0 Å². The largest absolute Gasteiger partial charge is 0.497 e. The first kappa shape index (κ1) is 17.5. The van der Waals surface area contributed by atoms with Crippen LogP contribution in [-0.4, -0.2) is 29.6 Å². The molecule has 2 heterocycles. The number of aromatic nitrogens is 1. The molecule has 1 fully saturated rings. The Balaban J connectivity index is 1.49. The predicted molar refractivity (Wildman–Crippen MR) is 108 cm³/mol. The monoisotopic (exact) mass is 379 g/mol. The van der Waals surface area contributed by atoms with E-state index in [0.717, 1.165) is 47.0 Å². The summed E-state index contributed by atoms with van der Waals surface area (Å²) < 4.78 is 5.23. The molecule has 0 bridgehead atoms. The van der Waals surface area contributed by atoms with Gasteiger partial charge in [0.15, 0.2) is 0 Å². The Labute approximate surface area is 162 Å². The van der Waals surface area contributed by atoms with E-state index in [0.29, 0.717) is 0 Å². The molecule has 1 N–H and O–H groups in total. The molecular formula is C21H21N3O2S. The van der Waals surface area contributed by atoms with E-state index in [1.807, 2.05) is 58.8 Å². The van der Waals surface area contributed by atoms with E-state index in [1.54, 1.807) is 24.6 Å². The van der Waals surface area contributed by atoms with Gasteiger partial charge in [0.2, 0.25) is 0 Å². The van der Waals surface area contributed by atoms with Gasteiger partial charge in [-0.25, -0.2) is 9.78 Å². The minimum atomic E-state index is -0.0652. The van der Waals surface area contributed by atoms with E-state index in [9.17, 15) is 4.79 Å². The van der Waals surface area contributed by atoms with Crippen LogP contribution in [0.2, 0.25) is 0 Å². The topological polar surface area (TPSA) is 54.5 Å². The van der Waals surface area contributed by atoms with Gasteiger partial charge in [-0.3, -0.25) is 0 Å². The Morgan fingerprint density at radius 3 is 2.85 bits per heavy atom. The minimum Gasteiger partial charge on any atom is -0.497 e. The number of hydrogen-bond donors (Lipinski definition) is 1. The van der Waals surface area contributed by atoms with Gasteiger partial charge >= 0.3 is 6.03 Å². The normalized spacial score (nSPS) is 16.3. The zero-order chi connectivity index (χ0) is 18.6. The highest BCUT2D eigenvalue weighted by Crippen LogP contribution is 2.33. The van der Waals surface area contributed by atoms with Crippen molar-refractivity contribution in [2.24, 2.45) is 0 Å². The zero-order valence-electron chi connectivity index (χ0n) is 15.1. The summed E-state index contributed by atoms with van der Waals surface area (Å²) >= 11 is 1.59. The molecule has 27 heavy (non-hydrogen) atoms. The van der Waals surface area contributed by atoms with Crippen LogP contribution in [0.5, 0.6) is 5.75 Å². The number of rotatable bonds is 4. The second-order valence-electron chi connectivity index (χ2n) is 6.47. The predicted octanol–water partition coefficient (Wildman–Crippen LogP) is 5.19. The van der Waals surface area contributed by atoms with Gasteiger partial charge in [0.05, 0.1) is 13.2 Å². The van der Waals surface area contributed by atoms with Crippen LogP contribution in [0.15, 0.2) is 60.1 Å². The molecule has 0 spiro atoms. The molecule has 0 aliphatic carbocycles. The lowest BCUT2D eigenvalue weighted by Gasteiger charge is -2.25. The molecule has 0 radical (unpaired) electrons. The number of amides is 2. The van der Waals surface area contributed by atoms with Crippen molar-refractivity contribution in [1.29, 1.82) is 0 Å². The Morgan fingerprint density at radius 1 is 1.26 bits per heavy atom. The highest BCUT2D eigenvalue weighted by atomic mass is 32.1. The van der Waals surface area contributed by atoms with E-state index >= 15 is 0 Å². The fraction of sp³-hybridized carbons (Fsp3) is 0.238. The summed E-state index contributed by atoms with van der Waals surface area (Å²) in [6.45, 7) is 0.759. The van der Waals surface area contributed by atoms with E-state index in [2.05, 4.69) is 10.3 Å². The molecular weight excluding hydrogens is 358 g/mol. The van der Waals surface area contributed by atoms with Gasteiger partial charge < -0.3 is 15.0 Å². The third kappa shape index (κ3) is 3.80. The van der Waals surface area contributed by atoms with Crippen LogP contribution >= 0.6 is 11.3 Å². The van der Waals surface area contributed by atoms with Gasteiger partial charge in [0, 0.05) is 29.4 Å². The third-order valence-corrected chi connectivity index (χ3v) is 5.63. The van der Waals surface area contributed by atoms with Crippen molar-refractivity contribution in [3.8, 4) is 16.3 Å². The Morgan fingerprint density at radius 2 is 2.11 bits per heavy atom. The van der Waals surface area contributed by atoms with E-state index in [1.165, 1.54) is 0 Å². The molecule has 2 amide bonds. The molecule has 4 rings (SSSR count). The van der Waals surface area contributed by atoms with Crippen molar-refractivity contribution < 1.29 is 9.53 Å². The summed E-state index contributed by atoms with van der Waals surface area (Å²) in [5.41, 5.74) is 2.93. The number of ether oxygens (including phenoxy) is 1. The summed E-state index contributed by atoms with van der Waals surface area (Å²) in [4.78, 5) is 19.1. The standard InChI is InChI=1S/C21H21N3O2S/c1-26-18-9-7-15(8-10-18)19-6-3-12-24(19)21(25)23-17-5-2-4-16(14-17)20-22-11-13-27-20/h2,4-5,7-11,13-14,19H,3,6,12H2,1H3,(H,23,25)/t19-/m1/s1. The number of nitrogens with one attached hydrogen (secondary N) is 1. The molecule has 3 aromatic rings. The van der Waals surface area contributed by atoms with E-state index in [4.69, 9.17) is 4.74 Å². The highest BCUT2D eigenvalue weighted by Gasteiger charge is 2.30. The summed E-state index contributed by atoms with van der Waals surface area (Å²) in [6.07, 6.45) is 3.76. The smallest absolute Gasteiger partial charge is 0.322 e. The van der Waals surface area contributed by atoms with Gasteiger partial charge in [-0.15, -0.1) is 11.3 Å². The molecule has 6 heteroatoms. The Bertz CT molecular complexity index is 909. The second-order valence-corrected chi connectivity index (χ2v) is 7.37. The maximum atomic E-state index is 12.9. The first-order chi connectivity index (χ1) is 13.2. The van der Waals surface area contributed by atoms with Gasteiger partial charge in [-0.2, -0.15) is 0 Å². The maximum absolute atomic E-state index is 12.9. The quantitative estimate of drug-likeness (QED) is 0.679. The number of anilines is 1. The molecule has 5 nitrogen and oxygen atoms in total. The number of carbonyl (C=O) groups is 1. The van der Waals surface area contributed by atoms with Crippen molar-refractivity contribution in [2.45, 2.75) is 18.9 Å². The van der Waals surface area contributed by atoms with Crippen molar-refractivity contribution in [2.75, 3.05) is 19.0 Å². The number of hydrogen-bond acceptors (Lipinski definition) is 4. The number of likely N-dealkylation sites (tertiary alicyclic amines) is 1. The number of urea groups is 1. The third-order valence-electron chi connectivity index (χ3n) is 4.81. The minimum absolute atomic E-state index is 0.0652. The first-order valence-electron chi connectivity index (χ1n) is 8.96. The summed E-state index contributed by atoms with van der Waals surface area (Å²) in [6, 6.07) is 15.8. The summed E-state index contributed by atoms with van der Waals surface area (Å²) in [7, 11) is 1.66. The molecule has 0 saturated carbocycles. The fourth-order valence-electron chi connectivity index (χ4n) is 3.47. The van der Waals surface area contributed by atoms with Crippen LogP contribution in [0.25, 0.3) is 10.6 Å². The average molecular weight is 379 g/mol. The van der Waals surface area contributed by atoms with Crippen molar-refractivity contribution >= 4 is 23.1 Å². The molecule has 1 aromatic heterocycles. The van der Waals surface area contributed by atoms with Gasteiger partial charge in [0.25, 0.3) is 0 Å². The number of benzene rings is 2. The first-order valence-corrected chi connectivity index (χ1v) is 9.84. The van der Waals surface area contributed by atoms with Crippen molar-refractivity contribution in [1.82, 2.24) is 9.88 Å². The van der Waals surface area contributed by atoms with Gasteiger partial charge in [-0.1, -0.05) is 24.3 Å². The summed E-state index contributed by atoms with van der Waals surface area (Å²) in [5, 5.41) is 5.94. The van der Waals surface area contributed by atoms with Gasteiger partial charge in [0.1, 0.15) is 10.8 Å². The van der Waals surface area contributed by atoms with Crippen LogP contribution in [0.3, 0.4) is 0 Å². The Hall–Kier alpha value is -2.86. The van der Waals surface area contributed by atoms with Crippen LogP contribution in [0.1, 0.15) is 24.4 Å². The lowest BCUT2D eigenvalue weighted by Crippen LogP contribution is -2.34. The molecule has 1 saturated heterocycles. The van der Waals surface area contributed by atoms with Crippen LogP contribution < -0.4 is 10.1 Å². The average Bonchev–Trinajstić information content (AvgIpc) is 3.40. The summed E-state index contributed by atoms with van der Waals surface area (Å²) in [5.74, 6) is 0.826. The second kappa shape index (κ2) is 7.80. The van der Waals surface area contributed by atoms with E-state index in [-0.39, 0.29) is 12.1 Å². The highest BCUT2D eigenvalue weighted by molar-refractivity contribution is 7.13. The number of thiazole rings is 1. The number of carbonyl (C=O) groups excluding carboxylic acids is 1. The lowest BCUT2D eigenvalue weighted by atomic mass is 10.0. The molecule has 138 valence electrons. The fourth-order valence-corrected chi connectivity index (χ4v) is 4.11. The molecule has 1 atom stereocenters. The van der Waals surface area contributed by atoms with Gasteiger partial charge in [-0.05, 0) is 42.7 Å². The van der Waals surface area contributed by atoms with Crippen molar-refractivity contribution in [3.05, 3.63) is 65.7 Å². The molecule has 1 aliphatic rings. The molecule has 0 unspecified atom stereocenters. The molecule has 1 aliphatic heterocycles. The Kier molecular flexibility index (Phi) is 5.07.